The predicted molar refractivity (Wildman–Crippen MR) is 23.0 cm³/mol. The Morgan fingerprint density at radius 2 is 1.67 bits per heavy atom. The maximum atomic E-state index is 2.31. The van der Waals surface area contributed by atoms with Crippen LogP contribution < -0.4 is 0 Å². The molecule has 0 heterocycles. The number of rotatable bonds is 0. The van der Waals surface area contributed by atoms with E-state index in [1.165, 1.54) is 19.3 Å². The Kier molecular flexibility index (Phi) is 2.97. The molecule has 0 aromatic heterocycles. The van der Waals surface area contributed by atoms with Crippen LogP contribution in [0.3, 0.4) is 0 Å². The molecular formula is C5H10V. The van der Waals surface area contributed by atoms with Crippen LogP contribution in [0.25, 0.3) is 0 Å². The van der Waals surface area contributed by atoms with E-state index >= 15 is 0 Å². The zero-order valence-electron chi connectivity index (χ0n) is 4.15. The van der Waals surface area contributed by atoms with Crippen LogP contribution in [0.4, 0.5) is 0 Å². The first-order valence-corrected chi connectivity index (χ1v) is 2.39. The third-order valence-electron chi connectivity index (χ3n) is 1.39. The maximum Gasteiger partial charge on any atom is 0 e. The Morgan fingerprint density at radius 3 is 1.67 bits per heavy atom. The fraction of sp³-hybridized carbons (Fsp3) is 1.00. The van der Waals surface area contributed by atoms with Gasteiger partial charge >= 0.3 is 0 Å². The fourth-order valence-corrected chi connectivity index (χ4v) is 0.612. The minimum absolute atomic E-state index is 0. The normalized spacial score (nSPS) is 21.5. The van der Waals surface area contributed by atoms with E-state index in [9.17, 15) is 0 Å². The molecule has 1 fully saturated rings. The first-order chi connectivity index (χ1) is 2.39. The van der Waals surface area contributed by atoms with Crippen molar-refractivity contribution >= 4 is 0 Å². The Morgan fingerprint density at radius 1 is 1.33 bits per heavy atom. The molecule has 1 radical (unpaired) electrons. The van der Waals surface area contributed by atoms with Crippen LogP contribution in [0.2, 0.25) is 0 Å². The minimum Gasteiger partial charge on any atom is -0.0625 e. The SMILES string of the molecule is CC1CCC1.[V]. The van der Waals surface area contributed by atoms with Gasteiger partial charge in [-0.15, -0.1) is 0 Å². The molecule has 0 aromatic rings. The van der Waals surface area contributed by atoms with E-state index in [2.05, 4.69) is 6.92 Å². The third-order valence-corrected chi connectivity index (χ3v) is 1.39. The molecule has 35 valence electrons. The van der Waals surface area contributed by atoms with Gasteiger partial charge < -0.3 is 0 Å². The van der Waals surface area contributed by atoms with Gasteiger partial charge in [-0.1, -0.05) is 26.2 Å². The molecule has 0 saturated heterocycles. The van der Waals surface area contributed by atoms with Crippen molar-refractivity contribution in [1.82, 2.24) is 0 Å². The van der Waals surface area contributed by atoms with Crippen molar-refractivity contribution in [2.75, 3.05) is 0 Å². The largest absolute Gasteiger partial charge is 0.0625 e. The minimum atomic E-state index is 0. The number of hydrogen-bond donors (Lipinski definition) is 0. The van der Waals surface area contributed by atoms with Crippen LogP contribution in [0.15, 0.2) is 0 Å². The molecule has 0 unspecified atom stereocenters. The van der Waals surface area contributed by atoms with Gasteiger partial charge in [0.05, 0.1) is 0 Å². The second-order valence-corrected chi connectivity index (χ2v) is 2.04. The van der Waals surface area contributed by atoms with Gasteiger partial charge in [-0.25, -0.2) is 0 Å². The van der Waals surface area contributed by atoms with Gasteiger partial charge in [-0.05, 0) is 5.92 Å². The Labute approximate surface area is 51.2 Å². The van der Waals surface area contributed by atoms with E-state index in [4.69, 9.17) is 0 Å². The molecular weight excluding hydrogens is 111 g/mol. The molecule has 0 N–H and O–H groups in total. The van der Waals surface area contributed by atoms with Crippen LogP contribution in [-0.2, 0) is 18.6 Å². The van der Waals surface area contributed by atoms with Crippen molar-refractivity contribution in [1.29, 1.82) is 0 Å². The van der Waals surface area contributed by atoms with Crippen LogP contribution >= 0.6 is 0 Å². The molecule has 1 heteroatoms. The summed E-state index contributed by atoms with van der Waals surface area (Å²) < 4.78 is 0. The van der Waals surface area contributed by atoms with Crippen LogP contribution in [0, 0.1) is 5.92 Å². The average Bonchev–Trinajstić information content (AvgIpc) is 1.30. The van der Waals surface area contributed by atoms with E-state index in [1.807, 2.05) is 0 Å². The predicted octanol–water partition coefficient (Wildman–Crippen LogP) is 1.80. The molecule has 0 aromatic carbocycles. The van der Waals surface area contributed by atoms with E-state index in [0.29, 0.717) is 0 Å². The average molecular weight is 121 g/mol. The molecule has 0 atom stereocenters. The summed E-state index contributed by atoms with van der Waals surface area (Å²) in [5.41, 5.74) is 0. The van der Waals surface area contributed by atoms with E-state index in [0.717, 1.165) is 5.92 Å². The Bertz CT molecular complexity index is 30.9. The van der Waals surface area contributed by atoms with Gasteiger partial charge in [0.25, 0.3) is 0 Å². The monoisotopic (exact) mass is 121 g/mol. The maximum absolute atomic E-state index is 2.31. The summed E-state index contributed by atoms with van der Waals surface area (Å²) in [7, 11) is 0. The third kappa shape index (κ3) is 1.36. The summed E-state index contributed by atoms with van der Waals surface area (Å²) in [6.45, 7) is 2.31. The molecule has 1 aliphatic carbocycles. The number of hydrogen-bond acceptors (Lipinski definition) is 0. The van der Waals surface area contributed by atoms with Crippen molar-refractivity contribution in [2.45, 2.75) is 26.2 Å². The van der Waals surface area contributed by atoms with Gasteiger partial charge in [0, 0.05) is 18.6 Å². The van der Waals surface area contributed by atoms with Crippen molar-refractivity contribution in [3.05, 3.63) is 0 Å². The quantitative estimate of drug-likeness (QED) is 0.458. The van der Waals surface area contributed by atoms with Gasteiger partial charge in [0.1, 0.15) is 0 Å². The van der Waals surface area contributed by atoms with Crippen LogP contribution in [0.5, 0.6) is 0 Å². The van der Waals surface area contributed by atoms with Gasteiger partial charge in [0.15, 0.2) is 0 Å². The van der Waals surface area contributed by atoms with Gasteiger partial charge in [0.2, 0.25) is 0 Å². The van der Waals surface area contributed by atoms with Crippen molar-refractivity contribution in [3.8, 4) is 0 Å². The molecule has 0 aliphatic heterocycles. The summed E-state index contributed by atoms with van der Waals surface area (Å²) >= 11 is 0. The molecule has 0 bridgehead atoms. The fourth-order valence-electron chi connectivity index (χ4n) is 0.612. The van der Waals surface area contributed by atoms with E-state index < -0.39 is 0 Å². The molecule has 1 aliphatic rings. The zero-order valence-corrected chi connectivity index (χ0v) is 5.54. The summed E-state index contributed by atoms with van der Waals surface area (Å²) in [6, 6.07) is 0. The van der Waals surface area contributed by atoms with Crippen molar-refractivity contribution in [3.63, 3.8) is 0 Å². The van der Waals surface area contributed by atoms with Crippen LogP contribution in [0.1, 0.15) is 26.2 Å². The summed E-state index contributed by atoms with van der Waals surface area (Å²) in [6.07, 6.45) is 4.46. The van der Waals surface area contributed by atoms with E-state index in [1.54, 1.807) is 0 Å². The van der Waals surface area contributed by atoms with Gasteiger partial charge in [-0.3, -0.25) is 0 Å². The second-order valence-electron chi connectivity index (χ2n) is 2.04. The van der Waals surface area contributed by atoms with E-state index in [-0.39, 0.29) is 18.6 Å². The summed E-state index contributed by atoms with van der Waals surface area (Å²) in [5.74, 6) is 1.06. The summed E-state index contributed by atoms with van der Waals surface area (Å²) in [4.78, 5) is 0. The Balaban J connectivity index is 0.000000250. The molecule has 0 spiro atoms. The van der Waals surface area contributed by atoms with Crippen molar-refractivity contribution in [2.24, 2.45) is 5.92 Å². The molecule has 0 nitrogen and oxygen atoms in total. The van der Waals surface area contributed by atoms with Crippen molar-refractivity contribution < 1.29 is 18.6 Å². The zero-order chi connectivity index (χ0) is 3.70. The summed E-state index contributed by atoms with van der Waals surface area (Å²) in [5, 5.41) is 0. The molecule has 0 amide bonds. The standard InChI is InChI=1S/C5H10.V/c1-5-3-2-4-5;/h5H,2-4H2,1H3;. The molecule has 6 heavy (non-hydrogen) atoms. The Hall–Kier alpha value is 0.584. The smallest absolute Gasteiger partial charge is 0 e. The topological polar surface area (TPSA) is 0 Å². The van der Waals surface area contributed by atoms with Gasteiger partial charge in [-0.2, -0.15) is 0 Å². The molecule has 1 saturated carbocycles. The first kappa shape index (κ1) is 6.58. The second kappa shape index (κ2) is 2.71. The van der Waals surface area contributed by atoms with Crippen LogP contribution in [-0.4, -0.2) is 0 Å². The first-order valence-electron chi connectivity index (χ1n) is 2.39. The molecule has 1 rings (SSSR count).